The largest absolute Gasteiger partial charge is 0.497 e. The van der Waals surface area contributed by atoms with Gasteiger partial charge in [0, 0.05) is 29.5 Å². The van der Waals surface area contributed by atoms with Gasteiger partial charge in [0.25, 0.3) is 5.69 Å². The number of hydrogen-bond acceptors (Lipinski definition) is 5. The Morgan fingerprint density at radius 3 is 2.17 bits per heavy atom. The van der Waals surface area contributed by atoms with Crippen LogP contribution >= 0.6 is 0 Å². The van der Waals surface area contributed by atoms with E-state index in [4.69, 9.17) is 9.72 Å². The first-order valence-electron chi connectivity index (χ1n) is 9.06. The molecule has 0 saturated heterocycles. The molecular formula is C22H21N3O3Si. The molecule has 0 aliphatic carbocycles. The molecule has 0 aliphatic rings. The van der Waals surface area contributed by atoms with E-state index in [0.29, 0.717) is 11.5 Å². The number of nitro benzene ring substituents is 1. The summed E-state index contributed by atoms with van der Waals surface area (Å²) in [5, 5.41) is 10.9. The molecule has 0 spiro atoms. The number of benzene rings is 2. The van der Waals surface area contributed by atoms with Gasteiger partial charge in [0.1, 0.15) is 19.5 Å². The molecule has 7 heteroatoms. The third-order valence-electron chi connectivity index (χ3n) is 4.08. The van der Waals surface area contributed by atoms with Gasteiger partial charge in [0.15, 0.2) is 5.82 Å². The minimum atomic E-state index is -1.62. The summed E-state index contributed by atoms with van der Waals surface area (Å²) >= 11 is 0. The standard InChI is InChI=1S/C22H21N3O3Si/c1-28-19-11-7-17(8-12-19)22-23-15-20(21(24-22)13-14-29(2,3)4)16-5-9-18(10-6-16)25(26)27/h5-12,15H,1-4H3. The Morgan fingerprint density at radius 1 is 1.00 bits per heavy atom. The number of aromatic nitrogens is 2. The van der Waals surface area contributed by atoms with E-state index in [2.05, 4.69) is 36.1 Å². The summed E-state index contributed by atoms with van der Waals surface area (Å²) in [5.74, 6) is 4.55. The number of methoxy groups -OCH3 is 1. The average Bonchev–Trinajstić information content (AvgIpc) is 2.71. The molecule has 3 aromatic rings. The Bertz CT molecular complexity index is 1090. The Labute approximate surface area is 170 Å². The van der Waals surface area contributed by atoms with Crippen LogP contribution in [0.15, 0.2) is 54.7 Å². The molecule has 146 valence electrons. The molecule has 0 N–H and O–H groups in total. The van der Waals surface area contributed by atoms with Crippen molar-refractivity contribution < 1.29 is 9.66 Å². The van der Waals surface area contributed by atoms with Crippen LogP contribution in [0.25, 0.3) is 22.5 Å². The monoisotopic (exact) mass is 403 g/mol. The quantitative estimate of drug-likeness (QED) is 0.266. The lowest BCUT2D eigenvalue weighted by atomic mass is 10.0. The predicted molar refractivity (Wildman–Crippen MR) is 116 cm³/mol. The molecule has 0 fully saturated rings. The van der Waals surface area contributed by atoms with Crippen molar-refractivity contribution in [1.29, 1.82) is 0 Å². The van der Waals surface area contributed by atoms with Gasteiger partial charge in [-0.1, -0.05) is 25.6 Å². The van der Waals surface area contributed by atoms with Crippen LogP contribution in [0.3, 0.4) is 0 Å². The molecule has 0 saturated carbocycles. The number of hydrogen-bond donors (Lipinski definition) is 0. The highest BCUT2D eigenvalue weighted by Crippen LogP contribution is 2.27. The molecule has 2 aromatic carbocycles. The maximum absolute atomic E-state index is 10.9. The highest BCUT2D eigenvalue weighted by Gasteiger charge is 2.13. The zero-order valence-electron chi connectivity index (χ0n) is 16.8. The van der Waals surface area contributed by atoms with Crippen LogP contribution in [0, 0.1) is 21.6 Å². The van der Waals surface area contributed by atoms with Crippen LogP contribution < -0.4 is 4.74 Å². The van der Waals surface area contributed by atoms with Gasteiger partial charge in [-0.25, -0.2) is 9.97 Å². The first-order valence-corrected chi connectivity index (χ1v) is 12.6. The SMILES string of the molecule is COc1ccc(-c2ncc(-c3ccc([N+](=O)[O-])cc3)c(C#C[Si](C)(C)C)n2)cc1. The fraction of sp³-hybridized carbons (Fsp3) is 0.182. The Hall–Kier alpha value is -3.50. The molecule has 3 rings (SSSR count). The molecule has 1 aromatic heterocycles. The van der Waals surface area contributed by atoms with Crippen molar-refractivity contribution >= 4 is 13.8 Å². The molecule has 0 radical (unpaired) electrons. The number of ether oxygens (including phenoxy) is 1. The second kappa shape index (κ2) is 8.25. The minimum absolute atomic E-state index is 0.0410. The van der Waals surface area contributed by atoms with E-state index in [1.165, 1.54) is 12.1 Å². The lowest BCUT2D eigenvalue weighted by Crippen LogP contribution is -2.16. The van der Waals surface area contributed by atoms with Gasteiger partial charge < -0.3 is 4.74 Å². The third-order valence-corrected chi connectivity index (χ3v) is 4.96. The van der Waals surface area contributed by atoms with E-state index in [1.54, 1.807) is 25.4 Å². The molecule has 6 nitrogen and oxygen atoms in total. The Morgan fingerprint density at radius 2 is 1.62 bits per heavy atom. The van der Waals surface area contributed by atoms with Gasteiger partial charge in [0.2, 0.25) is 0 Å². The lowest BCUT2D eigenvalue weighted by molar-refractivity contribution is -0.384. The smallest absolute Gasteiger partial charge is 0.269 e. The maximum atomic E-state index is 10.9. The van der Waals surface area contributed by atoms with Crippen LogP contribution in [-0.4, -0.2) is 30.1 Å². The number of nitro groups is 1. The van der Waals surface area contributed by atoms with Crippen LogP contribution in [0.5, 0.6) is 5.75 Å². The third kappa shape index (κ3) is 5.06. The van der Waals surface area contributed by atoms with Crippen LogP contribution in [-0.2, 0) is 0 Å². The molecule has 0 unspecified atom stereocenters. The summed E-state index contributed by atoms with van der Waals surface area (Å²) in [6, 6.07) is 13.9. The zero-order chi connectivity index (χ0) is 21.0. The minimum Gasteiger partial charge on any atom is -0.497 e. The van der Waals surface area contributed by atoms with E-state index >= 15 is 0 Å². The Balaban J connectivity index is 2.09. The van der Waals surface area contributed by atoms with Crippen molar-refractivity contribution in [2.75, 3.05) is 7.11 Å². The van der Waals surface area contributed by atoms with Crippen molar-refractivity contribution in [2.45, 2.75) is 19.6 Å². The molecule has 0 bridgehead atoms. The highest BCUT2D eigenvalue weighted by atomic mass is 28.3. The normalized spacial score (nSPS) is 10.8. The zero-order valence-corrected chi connectivity index (χ0v) is 17.8. The Kier molecular flexibility index (Phi) is 5.75. The van der Waals surface area contributed by atoms with Crippen LogP contribution in [0.1, 0.15) is 5.69 Å². The summed E-state index contributed by atoms with van der Waals surface area (Å²) < 4.78 is 5.20. The lowest BCUT2D eigenvalue weighted by Gasteiger charge is -2.09. The average molecular weight is 404 g/mol. The van der Waals surface area contributed by atoms with Crippen LogP contribution in [0.4, 0.5) is 5.69 Å². The van der Waals surface area contributed by atoms with Gasteiger partial charge in [-0.3, -0.25) is 10.1 Å². The summed E-state index contributed by atoms with van der Waals surface area (Å²) in [4.78, 5) is 19.7. The first kappa shape index (κ1) is 20.2. The predicted octanol–water partition coefficient (Wildman–Crippen LogP) is 4.96. The summed E-state index contributed by atoms with van der Waals surface area (Å²) in [6.45, 7) is 6.49. The van der Waals surface area contributed by atoms with Gasteiger partial charge >= 0.3 is 0 Å². The van der Waals surface area contributed by atoms with Gasteiger partial charge in [-0.2, -0.15) is 0 Å². The highest BCUT2D eigenvalue weighted by molar-refractivity contribution is 6.83. The number of non-ortho nitro benzene ring substituents is 1. The summed E-state index contributed by atoms with van der Waals surface area (Å²) in [7, 11) is -0.00453. The van der Waals surface area contributed by atoms with Crippen molar-refractivity contribution in [3.63, 3.8) is 0 Å². The van der Waals surface area contributed by atoms with Crippen molar-refractivity contribution in [3.8, 4) is 39.7 Å². The second-order valence-corrected chi connectivity index (χ2v) is 12.2. The van der Waals surface area contributed by atoms with E-state index in [-0.39, 0.29) is 5.69 Å². The van der Waals surface area contributed by atoms with Gasteiger partial charge in [-0.15, -0.1) is 5.54 Å². The second-order valence-electron chi connectivity index (χ2n) is 7.49. The molecule has 1 heterocycles. The van der Waals surface area contributed by atoms with E-state index in [1.807, 2.05) is 24.3 Å². The van der Waals surface area contributed by atoms with E-state index in [0.717, 1.165) is 22.4 Å². The number of nitrogens with zero attached hydrogens (tertiary/aromatic N) is 3. The van der Waals surface area contributed by atoms with E-state index < -0.39 is 13.0 Å². The molecule has 29 heavy (non-hydrogen) atoms. The number of rotatable bonds is 4. The topological polar surface area (TPSA) is 78.2 Å². The van der Waals surface area contributed by atoms with Crippen LogP contribution in [0.2, 0.25) is 19.6 Å². The fourth-order valence-electron chi connectivity index (χ4n) is 2.58. The first-order chi connectivity index (χ1) is 13.8. The van der Waals surface area contributed by atoms with Crippen molar-refractivity contribution in [1.82, 2.24) is 9.97 Å². The maximum Gasteiger partial charge on any atom is 0.269 e. The van der Waals surface area contributed by atoms with Gasteiger partial charge in [0.05, 0.1) is 12.0 Å². The van der Waals surface area contributed by atoms with E-state index in [9.17, 15) is 10.1 Å². The summed E-state index contributed by atoms with van der Waals surface area (Å²) in [6.07, 6.45) is 1.72. The molecular weight excluding hydrogens is 382 g/mol. The molecule has 0 aliphatic heterocycles. The molecule has 0 atom stereocenters. The fourth-order valence-corrected chi connectivity index (χ4v) is 3.07. The van der Waals surface area contributed by atoms with Crippen molar-refractivity contribution in [2.24, 2.45) is 0 Å². The van der Waals surface area contributed by atoms with Gasteiger partial charge in [-0.05, 0) is 42.0 Å². The summed E-state index contributed by atoms with van der Waals surface area (Å²) in [5.41, 5.74) is 6.40. The van der Waals surface area contributed by atoms with Crippen molar-refractivity contribution in [3.05, 3.63) is 70.5 Å². The molecule has 0 amide bonds.